The van der Waals surface area contributed by atoms with Gasteiger partial charge in [-0.3, -0.25) is 9.59 Å². The first-order valence-corrected chi connectivity index (χ1v) is 7.71. The van der Waals surface area contributed by atoms with Crippen LogP contribution in [-0.4, -0.2) is 37.0 Å². The number of carbonyl (C=O) groups excluding carboxylic acids is 3. The van der Waals surface area contributed by atoms with Crippen molar-refractivity contribution < 1.29 is 19.1 Å². The standard InChI is InChI=1S/C15H17BrN2O4/c1-22-15(21)12(8-9-2-4-10(16)5-3-9)18-14(20)11-6-7-13(19)17-11/h2-5,11-12H,6-8H2,1H3,(H,17,19)(H,18,20)/t11-,12+/m1/s1. The van der Waals surface area contributed by atoms with Crippen molar-refractivity contribution in [2.45, 2.75) is 31.3 Å². The van der Waals surface area contributed by atoms with Crippen LogP contribution in [0.4, 0.5) is 0 Å². The quantitative estimate of drug-likeness (QED) is 0.757. The van der Waals surface area contributed by atoms with E-state index in [1.807, 2.05) is 24.3 Å². The molecule has 0 saturated carbocycles. The molecule has 2 rings (SSSR count). The molecule has 0 aliphatic carbocycles. The third-order valence-electron chi connectivity index (χ3n) is 3.47. The lowest BCUT2D eigenvalue weighted by molar-refractivity contribution is -0.145. The molecule has 118 valence electrons. The Morgan fingerprint density at radius 1 is 1.41 bits per heavy atom. The first-order chi connectivity index (χ1) is 10.5. The van der Waals surface area contributed by atoms with Crippen LogP contribution in [-0.2, 0) is 25.5 Å². The summed E-state index contributed by atoms with van der Waals surface area (Å²) < 4.78 is 5.68. The van der Waals surface area contributed by atoms with E-state index in [0.717, 1.165) is 10.0 Å². The maximum Gasteiger partial charge on any atom is 0.328 e. The minimum atomic E-state index is -0.781. The maximum absolute atomic E-state index is 12.1. The fourth-order valence-electron chi connectivity index (χ4n) is 2.27. The van der Waals surface area contributed by atoms with Crippen LogP contribution in [0.3, 0.4) is 0 Å². The molecule has 0 spiro atoms. The van der Waals surface area contributed by atoms with Gasteiger partial charge in [-0.1, -0.05) is 28.1 Å². The topological polar surface area (TPSA) is 84.5 Å². The second-order valence-corrected chi connectivity index (χ2v) is 5.99. The third kappa shape index (κ3) is 4.30. The fourth-order valence-corrected chi connectivity index (χ4v) is 2.54. The van der Waals surface area contributed by atoms with Crippen molar-refractivity contribution in [3.05, 3.63) is 34.3 Å². The molecule has 2 atom stereocenters. The number of hydrogen-bond acceptors (Lipinski definition) is 4. The van der Waals surface area contributed by atoms with E-state index in [4.69, 9.17) is 4.74 Å². The number of methoxy groups -OCH3 is 1. The monoisotopic (exact) mass is 368 g/mol. The Kier molecular flexibility index (Phi) is 5.54. The molecule has 1 aromatic rings. The van der Waals surface area contributed by atoms with E-state index in [0.29, 0.717) is 19.3 Å². The lowest BCUT2D eigenvalue weighted by Gasteiger charge is -2.19. The molecule has 1 aliphatic rings. The van der Waals surface area contributed by atoms with E-state index < -0.39 is 18.1 Å². The van der Waals surface area contributed by atoms with Crippen molar-refractivity contribution in [1.29, 1.82) is 0 Å². The van der Waals surface area contributed by atoms with E-state index in [1.165, 1.54) is 7.11 Å². The third-order valence-corrected chi connectivity index (χ3v) is 4.00. The van der Waals surface area contributed by atoms with Gasteiger partial charge in [-0.05, 0) is 24.1 Å². The molecule has 22 heavy (non-hydrogen) atoms. The van der Waals surface area contributed by atoms with Gasteiger partial charge in [0.2, 0.25) is 11.8 Å². The molecule has 2 amide bonds. The molecule has 1 aliphatic heterocycles. The largest absolute Gasteiger partial charge is 0.467 e. The normalized spacial score (nSPS) is 18.5. The van der Waals surface area contributed by atoms with Gasteiger partial charge >= 0.3 is 5.97 Å². The molecule has 0 aromatic heterocycles. The first kappa shape index (κ1) is 16.5. The number of amides is 2. The zero-order valence-electron chi connectivity index (χ0n) is 12.1. The van der Waals surface area contributed by atoms with Gasteiger partial charge in [0, 0.05) is 17.3 Å². The number of hydrogen-bond donors (Lipinski definition) is 2. The molecular weight excluding hydrogens is 352 g/mol. The number of esters is 1. The van der Waals surface area contributed by atoms with Crippen molar-refractivity contribution in [2.75, 3.05) is 7.11 Å². The predicted octanol–water partition coefficient (Wildman–Crippen LogP) is 0.928. The number of rotatable bonds is 5. The maximum atomic E-state index is 12.1. The Morgan fingerprint density at radius 2 is 2.09 bits per heavy atom. The van der Waals surface area contributed by atoms with Gasteiger partial charge in [0.15, 0.2) is 0 Å². The predicted molar refractivity (Wildman–Crippen MR) is 83.0 cm³/mol. The zero-order chi connectivity index (χ0) is 16.1. The molecule has 1 fully saturated rings. The minimum Gasteiger partial charge on any atom is -0.467 e. The van der Waals surface area contributed by atoms with Crippen molar-refractivity contribution in [1.82, 2.24) is 10.6 Å². The Morgan fingerprint density at radius 3 is 2.64 bits per heavy atom. The highest BCUT2D eigenvalue weighted by Crippen LogP contribution is 2.13. The molecule has 0 bridgehead atoms. The number of nitrogens with one attached hydrogen (secondary N) is 2. The number of benzene rings is 1. The summed E-state index contributed by atoms with van der Waals surface area (Å²) in [5.74, 6) is -1.03. The highest BCUT2D eigenvalue weighted by Gasteiger charge is 2.30. The van der Waals surface area contributed by atoms with Crippen molar-refractivity contribution in [3.63, 3.8) is 0 Å². The first-order valence-electron chi connectivity index (χ1n) is 6.91. The van der Waals surface area contributed by atoms with Gasteiger partial charge in [0.25, 0.3) is 0 Å². The summed E-state index contributed by atoms with van der Waals surface area (Å²) in [4.78, 5) is 35.2. The molecule has 6 nitrogen and oxygen atoms in total. The SMILES string of the molecule is COC(=O)[C@H](Cc1ccc(Br)cc1)NC(=O)[C@H]1CCC(=O)N1. The molecule has 1 aromatic carbocycles. The summed E-state index contributed by atoms with van der Waals surface area (Å²) >= 11 is 3.34. The average Bonchev–Trinajstić information content (AvgIpc) is 2.94. The van der Waals surface area contributed by atoms with Gasteiger partial charge in [-0.15, -0.1) is 0 Å². The Hall–Kier alpha value is -1.89. The smallest absolute Gasteiger partial charge is 0.328 e. The molecular formula is C15H17BrN2O4. The van der Waals surface area contributed by atoms with Crippen LogP contribution in [0.2, 0.25) is 0 Å². The highest BCUT2D eigenvalue weighted by molar-refractivity contribution is 9.10. The van der Waals surface area contributed by atoms with E-state index in [9.17, 15) is 14.4 Å². The number of carbonyl (C=O) groups is 3. The van der Waals surface area contributed by atoms with Gasteiger partial charge in [-0.25, -0.2) is 4.79 Å². The molecule has 0 radical (unpaired) electrons. The average molecular weight is 369 g/mol. The van der Waals surface area contributed by atoms with Gasteiger partial charge in [0.1, 0.15) is 12.1 Å². The van der Waals surface area contributed by atoms with E-state index in [1.54, 1.807) is 0 Å². The van der Waals surface area contributed by atoms with Crippen LogP contribution in [0.25, 0.3) is 0 Å². The van der Waals surface area contributed by atoms with Crippen LogP contribution >= 0.6 is 15.9 Å². The number of halogens is 1. The van der Waals surface area contributed by atoms with Crippen LogP contribution in [0.5, 0.6) is 0 Å². The fraction of sp³-hybridized carbons (Fsp3) is 0.400. The second-order valence-electron chi connectivity index (χ2n) is 5.07. The van der Waals surface area contributed by atoms with E-state index in [2.05, 4.69) is 26.6 Å². The van der Waals surface area contributed by atoms with Gasteiger partial charge in [-0.2, -0.15) is 0 Å². The lowest BCUT2D eigenvalue weighted by atomic mass is 10.1. The van der Waals surface area contributed by atoms with Gasteiger partial charge in [0.05, 0.1) is 7.11 Å². The summed E-state index contributed by atoms with van der Waals surface area (Å²) in [5.41, 5.74) is 0.898. The summed E-state index contributed by atoms with van der Waals surface area (Å²) in [7, 11) is 1.28. The second kappa shape index (κ2) is 7.40. The van der Waals surface area contributed by atoms with E-state index >= 15 is 0 Å². The van der Waals surface area contributed by atoms with E-state index in [-0.39, 0.29) is 11.8 Å². The molecule has 7 heteroatoms. The minimum absolute atomic E-state index is 0.150. The molecule has 1 heterocycles. The van der Waals surface area contributed by atoms with Crippen LogP contribution in [0, 0.1) is 0 Å². The van der Waals surface area contributed by atoms with Crippen molar-refractivity contribution in [2.24, 2.45) is 0 Å². The lowest BCUT2D eigenvalue weighted by Crippen LogP contribution is -2.49. The van der Waals surface area contributed by atoms with Gasteiger partial charge < -0.3 is 15.4 Å². The van der Waals surface area contributed by atoms with Crippen LogP contribution in [0.15, 0.2) is 28.7 Å². The van der Waals surface area contributed by atoms with Crippen molar-refractivity contribution >= 4 is 33.7 Å². The molecule has 0 unspecified atom stereocenters. The summed E-state index contributed by atoms with van der Waals surface area (Å²) in [6, 6.07) is 6.10. The summed E-state index contributed by atoms with van der Waals surface area (Å²) in [6.07, 6.45) is 1.09. The highest BCUT2D eigenvalue weighted by atomic mass is 79.9. The van der Waals surface area contributed by atoms with Crippen LogP contribution < -0.4 is 10.6 Å². The Balaban J connectivity index is 2.02. The summed E-state index contributed by atoms with van der Waals surface area (Å²) in [6.45, 7) is 0. The Labute approximate surface area is 136 Å². The molecule has 2 N–H and O–H groups in total. The number of ether oxygens (including phenoxy) is 1. The van der Waals surface area contributed by atoms with Crippen molar-refractivity contribution in [3.8, 4) is 0 Å². The Bertz CT molecular complexity index is 573. The zero-order valence-corrected chi connectivity index (χ0v) is 13.7. The summed E-state index contributed by atoms with van der Waals surface area (Å²) in [5, 5.41) is 5.23. The van der Waals surface area contributed by atoms with Crippen LogP contribution in [0.1, 0.15) is 18.4 Å². The molecule has 1 saturated heterocycles.